The molecule has 2 aromatic heterocycles. The second-order valence-electron chi connectivity index (χ2n) is 11.5. The van der Waals surface area contributed by atoms with Crippen LogP contribution in [0.25, 0.3) is 44.5 Å². The van der Waals surface area contributed by atoms with Gasteiger partial charge in [-0.2, -0.15) is 0 Å². The Morgan fingerprint density at radius 2 is 1.35 bits per heavy atom. The first-order valence-electron chi connectivity index (χ1n) is 12.5. The molecule has 0 aliphatic rings. The Morgan fingerprint density at radius 1 is 0.649 bits per heavy atom. The Morgan fingerprint density at radius 3 is 2.11 bits per heavy atom. The minimum Gasteiger partial charge on any atom is -0.304 e. The number of hydrogen-bond acceptors (Lipinski definition) is 2. The molecule has 2 nitrogen and oxygen atoms in total. The zero-order valence-electron chi connectivity index (χ0n) is 22.3. The third-order valence-corrected chi connectivity index (χ3v) is 6.66. The molecular weight excluding hydrogens is 631 g/mol. The van der Waals surface area contributed by atoms with Gasteiger partial charge >= 0.3 is 21.1 Å². The average molecular weight is 664 g/mol. The van der Waals surface area contributed by atoms with Crippen LogP contribution in [0.2, 0.25) is 0 Å². The van der Waals surface area contributed by atoms with Crippen LogP contribution < -0.4 is 0 Å². The average Bonchev–Trinajstić information content (AvgIpc) is 2.87. The van der Waals surface area contributed by atoms with Crippen LogP contribution in [-0.4, -0.2) is 9.97 Å². The van der Waals surface area contributed by atoms with Gasteiger partial charge in [0.15, 0.2) is 0 Å². The van der Waals surface area contributed by atoms with E-state index in [4.69, 9.17) is 4.98 Å². The monoisotopic (exact) mass is 663 g/mol. The fraction of sp³-hybridized carbons (Fsp3) is 0.235. The molecule has 3 aromatic carbocycles. The molecule has 0 aliphatic heterocycles. The van der Waals surface area contributed by atoms with Crippen LogP contribution in [0.3, 0.4) is 0 Å². The van der Waals surface area contributed by atoms with Crippen LogP contribution in [0.4, 0.5) is 0 Å². The molecule has 0 atom stereocenters. The second kappa shape index (κ2) is 10.3. The van der Waals surface area contributed by atoms with Gasteiger partial charge in [0.1, 0.15) is 0 Å². The standard InChI is InChI=1S/C34H32N2.Pt/c1-33(2,3)26-12-7-11-24(20-26)30-14-9-15-31(36-30)28-13-8-10-23-16-17-25(21-29(23)28)32-22-27(18-19-35-32)34(4,5)6;/h7-10,12-20,22H,1-6H3;/q-2;+2. The number of hydrogen-bond donors (Lipinski definition) is 0. The summed E-state index contributed by atoms with van der Waals surface area (Å²) < 4.78 is 0. The predicted octanol–water partition coefficient (Wildman–Crippen LogP) is 8.82. The van der Waals surface area contributed by atoms with Gasteiger partial charge < -0.3 is 4.98 Å². The second-order valence-corrected chi connectivity index (χ2v) is 11.5. The largest absolute Gasteiger partial charge is 2.00 e. The normalized spacial score (nSPS) is 11.8. The zero-order chi connectivity index (χ0) is 25.5. The fourth-order valence-corrected chi connectivity index (χ4v) is 4.42. The minimum absolute atomic E-state index is 0. The van der Waals surface area contributed by atoms with Gasteiger partial charge in [-0.3, -0.25) is 4.98 Å². The third-order valence-electron chi connectivity index (χ3n) is 6.66. The molecule has 0 aliphatic carbocycles. The van der Waals surface area contributed by atoms with Crippen molar-refractivity contribution in [3.63, 3.8) is 0 Å². The predicted molar refractivity (Wildman–Crippen MR) is 151 cm³/mol. The number of fused-ring (bicyclic) bond motifs is 1. The molecule has 5 aromatic rings. The van der Waals surface area contributed by atoms with Gasteiger partial charge in [-0.15, -0.1) is 59.0 Å². The number of aromatic nitrogens is 2. The molecular formula is C34H32N2Pt. The molecule has 0 fully saturated rings. The molecule has 0 saturated heterocycles. The molecule has 0 amide bonds. The number of nitrogens with zero attached hydrogens (tertiary/aromatic N) is 2. The smallest absolute Gasteiger partial charge is 0.304 e. The zero-order valence-corrected chi connectivity index (χ0v) is 24.6. The van der Waals surface area contributed by atoms with Crippen LogP contribution in [0.1, 0.15) is 52.7 Å². The molecule has 188 valence electrons. The van der Waals surface area contributed by atoms with Crippen LogP contribution in [0.15, 0.2) is 85.1 Å². The summed E-state index contributed by atoms with van der Waals surface area (Å²) >= 11 is 0. The Kier molecular flexibility index (Phi) is 7.54. The number of rotatable bonds is 3. The van der Waals surface area contributed by atoms with Crippen molar-refractivity contribution in [3.05, 3.63) is 108 Å². The quantitative estimate of drug-likeness (QED) is 0.180. The van der Waals surface area contributed by atoms with Crippen LogP contribution in [0.5, 0.6) is 0 Å². The third kappa shape index (κ3) is 5.76. The Bertz CT molecular complexity index is 1550. The molecule has 0 N–H and O–H groups in total. The molecule has 0 radical (unpaired) electrons. The van der Waals surface area contributed by atoms with Crippen molar-refractivity contribution in [3.8, 4) is 33.8 Å². The first-order valence-corrected chi connectivity index (χ1v) is 12.5. The van der Waals surface area contributed by atoms with E-state index in [0.29, 0.717) is 0 Å². The van der Waals surface area contributed by atoms with E-state index in [1.54, 1.807) is 0 Å². The van der Waals surface area contributed by atoms with E-state index in [9.17, 15) is 0 Å². The molecule has 37 heavy (non-hydrogen) atoms. The van der Waals surface area contributed by atoms with Crippen molar-refractivity contribution in [2.75, 3.05) is 0 Å². The Hall–Kier alpha value is -3.09. The summed E-state index contributed by atoms with van der Waals surface area (Å²) in [4.78, 5) is 9.73. The molecule has 3 heteroatoms. The van der Waals surface area contributed by atoms with Crippen molar-refractivity contribution < 1.29 is 21.1 Å². The summed E-state index contributed by atoms with van der Waals surface area (Å²) in [5.41, 5.74) is 8.52. The topological polar surface area (TPSA) is 25.8 Å². The fourth-order valence-electron chi connectivity index (χ4n) is 4.42. The molecule has 0 saturated carbocycles. The summed E-state index contributed by atoms with van der Waals surface area (Å²) in [6.45, 7) is 13.4. The first-order chi connectivity index (χ1) is 17.1. The van der Waals surface area contributed by atoms with Crippen molar-refractivity contribution in [1.82, 2.24) is 9.97 Å². The Balaban J connectivity index is 0.00000320. The number of benzene rings is 3. The van der Waals surface area contributed by atoms with Crippen molar-refractivity contribution in [2.24, 2.45) is 0 Å². The van der Waals surface area contributed by atoms with Crippen molar-refractivity contribution in [1.29, 1.82) is 0 Å². The van der Waals surface area contributed by atoms with Gasteiger partial charge in [-0.1, -0.05) is 94.5 Å². The molecule has 5 rings (SSSR count). The summed E-state index contributed by atoms with van der Waals surface area (Å²) in [5, 5.41) is 2.19. The maximum atomic E-state index is 5.07. The Labute approximate surface area is 235 Å². The van der Waals surface area contributed by atoms with Gasteiger partial charge in [-0.05, 0) is 34.2 Å². The van der Waals surface area contributed by atoms with E-state index in [1.165, 1.54) is 11.1 Å². The van der Waals surface area contributed by atoms with E-state index in [-0.39, 0.29) is 31.9 Å². The van der Waals surface area contributed by atoms with Crippen LogP contribution in [0, 0.1) is 12.1 Å². The van der Waals surface area contributed by atoms with Gasteiger partial charge in [0.25, 0.3) is 0 Å². The molecule has 0 bridgehead atoms. The SMILES string of the molecule is CC(C)(C)c1cc[c-]c(-c2cccc(-c3cccc4ccc(-c5cc(C(C)(C)C)ccn5)[c-]c34)n2)c1.[Pt+2]. The van der Waals surface area contributed by atoms with Crippen molar-refractivity contribution >= 4 is 10.8 Å². The van der Waals surface area contributed by atoms with E-state index in [1.807, 2.05) is 12.3 Å². The summed E-state index contributed by atoms with van der Waals surface area (Å²) in [6, 6.07) is 34.5. The maximum absolute atomic E-state index is 5.07. The van der Waals surface area contributed by atoms with Crippen molar-refractivity contribution in [2.45, 2.75) is 52.4 Å². The minimum atomic E-state index is 0. The van der Waals surface area contributed by atoms with E-state index < -0.39 is 0 Å². The van der Waals surface area contributed by atoms with E-state index in [0.717, 1.165) is 44.5 Å². The molecule has 0 spiro atoms. The van der Waals surface area contributed by atoms with Crippen LogP contribution in [-0.2, 0) is 31.9 Å². The van der Waals surface area contributed by atoms with E-state index >= 15 is 0 Å². The maximum Gasteiger partial charge on any atom is 2.00 e. The summed E-state index contributed by atoms with van der Waals surface area (Å²) in [5.74, 6) is 0. The molecule has 2 heterocycles. The first kappa shape index (κ1) is 27.0. The number of pyridine rings is 2. The van der Waals surface area contributed by atoms with E-state index in [2.05, 4.69) is 131 Å². The van der Waals surface area contributed by atoms with Gasteiger partial charge in [0.05, 0.1) is 0 Å². The van der Waals surface area contributed by atoms with Gasteiger partial charge in [-0.25, -0.2) is 0 Å². The van der Waals surface area contributed by atoms with Gasteiger partial charge in [0, 0.05) is 17.6 Å². The van der Waals surface area contributed by atoms with Crippen LogP contribution >= 0.6 is 0 Å². The van der Waals surface area contributed by atoms with Gasteiger partial charge in [0.2, 0.25) is 0 Å². The molecule has 0 unspecified atom stereocenters. The summed E-state index contributed by atoms with van der Waals surface area (Å²) in [6.07, 6.45) is 1.90. The summed E-state index contributed by atoms with van der Waals surface area (Å²) in [7, 11) is 0.